The minimum Gasteiger partial charge on any atom is -0.395 e. The van der Waals surface area contributed by atoms with Gasteiger partial charge in [-0.15, -0.1) is 0 Å². The van der Waals surface area contributed by atoms with Gasteiger partial charge >= 0.3 is 0 Å². The number of aliphatic hydroxyl groups excluding tert-OH is 1. The van der Waals surface area contributed by atoms with Crippen LogP contribution >= 0.6 is 0 Å². The van der Waals surface area contributed by atoms with Gasteiger partial charge in [0.1, 0.15) is 5.82 Å². The Hall–Kier alpha value is -1.26. The van der Waals surface area contributed by atoms with Gasteiger partial charge in [-0.1, -0.05) is 0 Å². The monoisotopic (exact) mass is 237 g/mol. The fraction of sp³-hybridized carbons (Fsp3) is 0.462. The summed E-state index contributed by atoms with van der Waals surface area (Å²) in [6.07, 6.45) is 1.25. The predicted octanol–water partition coefficient (Wildman–Crippen LogP) is 1.37. The highest BCUT2D eigenvalue weighted by molar-refractivity contribution is 6.00. The zero-order valence-electron chi connectivity index (χ0n) is 9.58. The molecule has 2 N–H and O–H groups in total. The van der Waals surface area contributed by atoms with Crippen molar-refractivity contribution < 1.29 is 14.3 Å². The first-order valence-electron chi connectivity index (χ1n) is 5.80. The molecule has 0 unspecified atom stereocenters. The Labute approximate surface area is 99.7 Å². The molecular weight excluding hydrogens is 221 g/mol. The molecule has 1 saturated heterocycles. The quantitative estimate of drug-likeness (QED) is 0.781. The maximum Gasteiger partial charge on any atom is 0.171 e. The van der Waals surface area contributed by atoms with E-state index in [1.807, 2.05) is 0 Å². The van der Waals surface area contributed by atoms with Gasteiger partial charge in [0.05, 0.1) is 12.0 Å². The molecule has 1 aliphatic heterocycles. The highest BCUT2D eigenvalue weighted by atomic mass is 19.1. The molecule has 4 heteroatoms. The van der Waals surface area contributed by atoms with Crippen molar-refractivity contribution in [1.29, 1.82) is 0 Å². The highest BCUT2D eigenvalue weighted by Gasteiger charge is 2.39. The molecule has 0 atom stereocenters. The van der Waals surface area contributed by atoms with Gasteiger partial charge in [0.15, 0.2) is 5.78 Å². The number of carbonyl (C=O) groups is 1. The first-order valence-corrected chi connectivity index (χ1v) is 5.80. The molecule has 0 aromatic heterocycles. The summed E-state index contributed by atoms with van der Waals surface area (Å²) in [5, 5.41) is 12.7. The highest BCUT2D eigenvalue weighted by Crippen LogP contribution is 2.32. The molecule has 1 aromatic rings. The fourth-order valence-electron chi connectivity index (χ4n) is 2.27. The molecule has 0 aliphatic carbocycles. The van der Waals surface area contributed by atoms with Gasteiger partial charge < -0.3 is 10.4 Å². The van der Waals surface area contributed by atoms with E-state index in [1.54, 1.807) is 0 Å². The van der Waals surface area contributed by atoms with Crippen LogP contribution in [0.2, 0.25) is 0 Å². The molecule has 0 bridgehead atoms. The Morgan fingerprint density at radius 1 is 1.29 bits per heavy atom. The van der Waals surface area contributed by atoms with Crippen molar-refractivity contribution in [3.05, 3.63) is 35.6 Å². The minimum atomic E-state index is -0.691. The molecule has 17 heavy (non-hydrogen) atoms. The van der Waals surface area contributed by atoms with E-state index in [1.165, 1.54) is 24.3 Å². The average Bonchev–Trinajstić information content (AvgIpc) is 2.39. The van der Waals surface area contributed by atoms with Crippen LogP contribution in [0.4, 0.5) is 4.39 Å². The van der Waals surface area contributed by atoms with Crippen molar-refractivity contribution >= 4 is 5.78 Å². The molecule has 1 aromatic carbocycles. The lowest BCUT2D eigenvalue weighted by atomic mass is 9.74. The van der Waals surface area contributed by atoms with E-state index in [0.29, 0.717) is 18.4 Å². The summed E-state index contributed by atoms with van der Waals surface area (Å²) >= 11 is 0. The first-order chi connectivity index (χ1) is 8.18. The topological polar surface area (TPSA) is 49.3 Å². The van der Waals surface area contributed by atoms with Crippen LogP contribution in [0.15, 0.2) is 24.3 Å². The first kappa shape index (κ1) is 12.2. The maximum atomic E-state index is 12.8. The van der Waals surface area contributed by atoms with Crippen molar-refractivity contribution in [2.45, 2.75) is 12.8 Å². The molecule has 1 fully saturated rings. The summed E-state index contributed by atoms with van der Waals surface area (Å²) in [5.74, 6) is -0.439. The number of hydrogen-bond acceptors (Lipinski definition) is 3. The number of hydrogen-bond donors (Lipinski definition) is 2. The molecule has 2 rings (SSSR count). The molecule has 92 valence electrons. The van der Waals surface area contributed by atoms with Crippen molar-refractivity contribution in [2.75, 3.05) is 19.7 Å². The molecule has 3 nitrogen and oxygen atoms in total. The number of benzene rings is 1. The fourth-order valence-corrected chi connectivity index (χ4v) is 2.27. The molecule has 0 saturated carbocycles. The Bertz CT molecular complexity index is 396. The van der Waals surface area contributed by atoms with Crippen LogP contribution < -0.4 is 5.32 Å². The lowest BCUT2D eigenvalue weighted by Crippen LogP contribution is -2.44. The number of carbonyl (C=O) groups excluding carboxylic acids is 1. The summed E-state index contributed by atoms with van der Waals surface area (Å²) in [5.41, 5.74) is -0.217. The van der Waals surface area contributed by atoms with E-state index < -0.39 is 5.41 Å². The number of nitrogens with one attached hydrogen (secondary N) is 1. The van der Waals surface area contributed by atoms with Gasteiger partial charge in [-0.2, -0.15) is 0 Å². The number of ketones is 1. The van der Waals surface area contributed by atoms with Crippen molar-refractivity contribution in [3.8, 4) is 0 Å². The number of Topliss-reactive ketones (excluding diaryl/α,β-unsaturated/α-hetero) is 1. The van der Waals surface area contributed by atoms with Crippen molar-refractivity contribution in [3.63, 3.8) is 0 Å². The third kappa shape index (κ3) is 2.37. The zero-order chi connectivity index (χ0) is 12.3. The molecule has 1 aliphatic rings. The molecule has 1 heterocycles. The Balaban J connectivity index is 2.25. The van der Waals surface area contributed by atoms with Crippen LogP contribution in [-0.2, 0) is 0 Å². The summed E-state index contributed by atoms with van der Waals surface area (Å²) < 4.78 is 12.8. The van der Waals surface area contributed by atoms with Crippen molar-refractivity contribution in [2.24, 2.45) is 5.41 Å². The predicted molar refractivity (Wildman–Crippen MR) is 62.4 cm³/mol. The lowest BCUT2D eigenvalue weighted by Gasteiger charge is -2.34. The summed E-state index contributed by atoms with van der Waals surface area (Å²) in [6, 6.07) is 5.52. The second-order valence-corrected chi connectivity index (χ2v) is 4.52. The summed E-state index contributed by atoms with van der Waals surface area (Å²) in [7, 11) is 0. The van der Waals surface area contributed by atoms with E-state index in [4.69, 9.17) is 0 Å². The smallest absolute Gasteiger partial charge is 0.171 e. The van der Waals surface area contributed by atoms with E-state index in [-0.39, 0.29) is 18.2 Å². The van der Waals surface area contributed by atoms with Gasteiger partial charge in [0.2, 0.25) is 0 Å². The minimum absolute atomic E-state index is 0.0819. The van der Waals surface area contributed by atoms with Crippen LogP contribution in [0.3, 0.4) is 0 Å². The lowest BCUT2D eigenvalue weighted by molar-refractivity contribution is 0.0536. The van der Waals surface area contributed by atoms with E-state index >= 15 is 0 Å². The average molecular weight is 237 g/mol. The van der Waals surface area contributed by atoms with E-state index in [2.05, 4.69) is 5.32 Å². The number of halogens is 1. The van der Waals surface area contributed by atoms with Gasteiger partial charge in [0.25, 0.3) is 0 Å². The SMILES string of the molecule is O=C(c1ccc(F)cc1)C1(CO)CCNCC1. The van der Waals surface area contributed by atoms with Crippen LogP contribution in [0.5, 0.6) is 0 Å². The molecule has 0 spiro atoms. The summed E-state index contributed by atoms with van der Waals surface area (Å²) in [6.45, 7) is 1.31. The molecule has 0 radical (unpaired) electrons. The second-order valence-electron chi connectivity index (χ2n) is 4.52. The van der Waals surface area contributed by atoms with Crippen LogP contribution in [0.25, 0.3) is 0 Å². The van der Waals surface area contributed by atoms with Gasteiger partial charge in [-0.25, -0.2) is 4.39 Å². The summed E-state index contributed by atoms with van der Waals surface area (Å²) in [4.78, 5) is 12.4. The Morgan fingerprint density at radius 3 is 2.41 bits per heavy atom. The molecule has 0 amide bonds. The second kappa shape index (κ2) is 4.94. The normalized spacial score (nSPS) is 18.9. The number of piperidine rings is 1. The maximum absolute atomic E-state index is 12.8. The number of aliphatic hydroxyl groups is 1. The van der Waals surface area contributed by atoms with Crippen LogP contribution in [-0.4, -0.2) is 30.6 Å². The third-order valence-electron chi connectivity index (χ3n) is 3.45. The van der Waals surface area contributed by atoms with Gasteiger partial charge in [0, 0.05) is 5.56 Å². The van der Waals surface area contributed by atoms with Crippen LogP contribution in [0, 0.1) is 11.2 Å². The van der Waals surface area contributed by atoms with Crippen molar-refractivity contribution in [1.82, 2.24) is 5.32 Å². The number of rotatable bonds is 3. The standard InChI is InChI=1S/C13H16FNO2/c14-11-3-1-10(2-4-11)12(17)13(9-16)5-7-15-8-6-13/h1-4,15-16H,5-9H2. The third-order valence-corrected chi connectivity index (χ3v) is 3.45. The zero-order valence-corrected chi connectivity index (χ0v) is 9.58. The van der Waals surface area contributed by atoms with E-state index in [0.717, 1.165) is 13.1 Å². The Morgan fingerprint density at radius 2 is 1.88 bits per heavy atom. The molecular formula is C13H16FNO2. The van der Waals surface area contributed by atoms with Gasteiger partial charge in [-0.3, -0.25) is 4.79 Å². The van der Waals surface area contributed by atoms with Gasteiger partial charge in [-0.05, 0) is 50.2 Å². The van der Waals surface area contributed by atoms with E-state index in [9.17, 15) is 14.3 Å². The largest absolute Gasteiger partial charge is 0.395 e. The van der Waals surface area contributed by atoms with Crippen LogP contribution in [0.1, 0.15) is 23.2 Å². The Kier molecular flexibility index (Phi) is 3.54.